The van der Waals surface area contributed by atoms with Crippen LogP contribution in [0.25, 0.3) is 22.3 Å². The first kappa shape index (κ1) is 15.0. The summed E-state index contributed by atoms with van der Waals surface area (Å²) in [5.74, 6) is 0.938. The molecule has 3 aromatic rings. The van der Waals surface area contributed by atoms with E-state index in [1.165, 1.54) is 0 Å². The molecule has 2 nitrogen and oxygen atoms in total. The van der Waals surface area contributed by atoms with Gasteiger partial charge in [0.15, 0.2) is 5.78 Å². The maximum absolute atomic E-state index is 11.4. The van der Waals surface area contributed by atoms with Gasteiger partial charge in [-0.25, -0.2) is 0 Å². The van der Waals surface area contributed by atoms with E-state index in [4.69, 9.17) is 4.74 Å². The van der Waals surface area contributed by atoms with Crippen LogP contribution in [0.1, 0.15) is 17.3 Å². The molecule has 0 bridgehead atoms. The summed E-state index contributed by atoms with van der Waals surface area (Å²) in [7, 11) is 1.67. The topological polar surface area (TPSA) is 26.3 Å². The van der Waals surface area contributed by atoms with Gasteiger partial charge in [0.25, 0.3) is 0 Å². The van der Waals surface area contributed by atoms with Crippen LogP contribution >= 0.6 is 0 Å². The molecule has 3 rings (SSSR count). The summed E-state index contributed by atoms with van der Waals surface area (Å²) in [6.07, 6.45) is 0. The lowest BCUT2D eigenvalue weighted by molar-refractivity contribution is 0.101. The molecule has 0 N–H and O–H groups in total. The molecule has 3 aromatic carbocycles. The molecule has 0 fully saturated rings. The first-order chi connectivity index (χ1) is 11.2. The van der Waals surface area contributed by atoms with Crippen molar-refractivity contribution in [3.05, 3.63) is 78.4 Å². The molecule has 0 radical (unpaired) electrons. The molecule has 0 spiro atoms. The van der Waals surface area contributed by atoms with Gasteiger partial charge < -0.3 is 4.74 Å². The highest BCUT2D eigenvalue weighted by atomic mass is 16.5. The highest BCUT2D eigenvalue weighted by Gasteiger charge is 2.04. The summed E-state index contributed by atoms with van der Waals surface area (Å²) < 4.78 is 5.20. The third-order valence-corrected chi connectivity index (χ3v) is 3.91. The van der Waals surface area contributed by atoms with Crippen molar-refractivity contribution in [3.63, 3.8) is 0 Å². The molecule has 23 heavy (non-hydrogen) atoms. The molecule has 0 saturated carbocycles. The van der Waals surface area contributed by atoms with E-state index >= 15 is 0 Å². The molecule has 0 amide bonds. The largest absolute Gasteiger partial charge is 0.497 e. The molecule has 0 aliphatic carbocycles. The molecular weight excluding hydrogens is 284 g/mol. The number of Topliss-reactive ketones (excluding diaryl/α,β-unsaturated/α-hetero) is 1. The van der Waals surface area contributed by atoms with Gasteiger partial charge in [-0.15, -0.1) is 0 Å². The summed E-state index contributed by atoms with van der Waals surface area (Å²) >= 11 is 0. The Balaban J connectivity index is 1.93. The molecule has 0 atom stereocenters. The van der Waals surface area contributed by atoms with Gasteiger partial charge in [0.2, 0.25) is 0 Å². The van der Waals surface area contributed by atoms with Crippen molar-refractivity contribution in [1.29, 1.82) is 0 Å². The third-order valence-electron chi connectivity index (χ3n) is 3.91. The third kappa shape index (κ3) is 3.32. The molecule has 0 saturated heterocycles. The number of methoxy groups -OCH3 is 1. The summed E-state index contributed by atoms with van der Waals surface area (Å²) in [6.45, 7) is 1.58. The SMILES string of the molecule is COc1ccc(-c2cccc(-c3ccc(C(C)=O)cc3)c2)cc1. The van der Waals surface area contributed by atoms with E-state index in [-0.39, 0.29) is 5.78 Å². The Morgan fingerprint density at radius 1 is 0.739 bits per heavy atom. The first-order valence-electron chi connectivity index (χ1n) is 7.53. The fourth-order valence-corrected chi connectivity index (χ4v) is 2.56. The number of carbonyl (C=O) groups excluding carboxylic acids is 1. The van der Waals surface area contributed by atoms with E-state index in [2.05, 4.69) is 30.3 Å². The van der Waals surface area contributed by atoms with Gasteiger partial charge in [-0.1, -0.05) is 54.6 Å². The van der Waals surface area contributed by atoms with Gasteiger partial charge in [-0.3, -0.25) is 4.79 Å². The summed E-state index contributed by atoms with van der Waals surface area (Å²) in [5, 5.41) is 0. The highest BCUT2D eigenvalue weighted by Crippen LogP contribution is 2.27. The van der Waals surface area contributed by atoms with Crippen molar-refractivity contribution < 1.29 is 9.53 Å². The van der Waals surface area contributed by atoms with Gasteiger partial charge in [0.1, 0.15) is 5.75 Å². The molecule has 2 heteroatoms. The molecule has 0 aromatic heterocycles. The number of rotatable bonds is 4. The van der Waals surface area contributed by atoms with E-state index < -0.39 is 0 Å². The Labute approximate surface area is 136 Å². The second-order valence-electron chi connectivity index (χ2n) is 5.44. The van der Waals surface area contributed by atoms with E-state index in [1.54, 1.807) is 14.0 Å². The Morgan fingerprint density at radius 3 is 1.74 bits per heavy atom. The summed E-state index contributed by atoms with van der Waals surface area (Å²) in [6, 6.07) is 24.1. The van der Waals surface area contributed by atoms with E-state index in [1.807, 2.05) is 42.5 Å². The number of hydrogen-bond donors (Lipinski definition) is 0. The molecular formula is C21H18O2. The van der Waals surface area contributed by atoms with Gasteiger partial charge in [0, 0.05) is 5.56 Å². The van der Waals surface area contributed by atoms with E-state index in [9.17, 15) is 4.79 Å². The van der Waals surface area contributed by atoms with Crippen molar-refractivity contribution in [2.24, 2.45) is 0 Å². The average Bonchev–Trinajstić information content (AvgIpc) is 2.62. The fourth-order valence-electron chi connectivity index (χ4n) is 2.56. The Morgan fingerprint density at radius 2 is 1.26 bits per heavy atom. The van der Waals surface area contributed by atoms with Gasteiger partial charge >= 0.3 is 0 Å². The van der Waals surface area contributed by atoms with Crippen molar-refractivity contribution in [1.82, 2.24) is 0 Å². The minimum absolute atomic E-state index is 0.0866. The quantitative estimate of drug-likeness (QED) is 0.617. The second-order valence-corrected chi connectivity index (χ2v) is 5.44. The lowest BCUT2D eigenvalue weighted by atomic mass is 9.98. The standard InChI is InChI=1S/C21H18O2/c1-15(22)16-6-8-17(9-7-16)19-4-3-5-20(14-19)18-10-12-21(23-2)13-11-18/h3-14H,1-2H3. The molecule has 114 valence electrons. The number of benzene rings is 3. The summed E-state index contributed by atoms with van der Waals surface area (Å²) in [5.41, 5.74) is 5.27. The van der Waals surface area contributed by atoms with Crippen LogP contribution in [0, 0.1) is 0 Å². The number of ether oxygens (including phenoxy) is 1. The predicted octanol–water partition coefficient (Wildman–Crippen LogP) is 5.23. The van der Waals surface area contributed by atoms with Crippen molar-refractivity contribution >= 4 is 5.78 Å². The fraction of sp³-hybridized carbons (Fsp3) is 0.0952. The normalized spacial score (nSPS) is 10.3. The smallest absolute Gasteiger partial charge is 0.159 e. The van der Waals surface area contributed by atoms with Crippen LogP contribution in [0.2, 0.25) is 0 Å². The lowest BCUT2D eigenvalue weighted by Gasteiger charge is -2.07. The van der Waals surface area contributed by atoms with Crippen molar-refractivity contribution in [2.75, 3.05) is 7.11 Å². The van der Waals surface area contributed by atoms with Crippen LogP contribution in [0.15, 0.2) is 72.8 Å². The lowest BCUT2D eigenvalue weighted by Crippen LogP contribution is -1.90. The van der Waals surface area contributed by atoms with Crippen LogP contribution < -0.4 is 4.74 Å². The van der Waals surface area contributed by atoms with Crippen LogP contribution in [-0.2, 0) is 0 Å². The zero-order valence-corrected chi connectivity index (χ0v) is 13.2. The van der Waals surface area contributed by atoms with E-state index in [0.717, 1.165) is 33.6 Å². The van der Waals surface area contributed by atoms with Crippen LogP contribution in [0.4, 0.5) is 0 Å². The number of hydrogen-bond acceptors (Lipinski definition) is 2. The van der Waals surface area contributed by atoms with Crippen molar-refractivity contribution in [2.45, 2.75) is 6.92 Å². The molecule has 0 aliphatic rings. The molecule has 0 aliphatic heterocycles. The zero-order chi connectivity index (χ0) is 16.2. The zero-order valence-electron chi connectivity index (χ0n) is 13.2. The molecule has 0 unspecified atom stereocenters. The van der Waals surface area contributed by atoms with Crippen molar-refractivity contribution in [3.8, 4) is 28.0 Å². The average molecular weight is 302 g/mol. The summed E-state index contributed by atoms with van der Waals surface area (Å²) in [4.78, 5) is 11.4. The molecule has 0 heterocycles. The number of carbonyl (C=O) groups is 1. The minimum atomic E-state index is 0.0866. The first-order valence-corrected chi connectivity index (χ1v) is 7.53. The Kier molecular flexibility index (Phi) is 4.24. The maximum atomic E-state index is 11.4. The van der Waals surface area contributed by atoms with Crippen LogP contribution in [0.3, 0.4) is 0 Å². The van der Waals surface area contributed by atoms with Gasteiger partial charge in [-0.2, -0.15) is 0 Å². The van der Waals surface area contributed by atoms with Gasteiger partial charge in [-0.05, 0) is 47.4 Å². The monoisotopic (exact) mass is 302 g/mol. The van der Waals surface area contributed by atoms with Gasteiger partial charge in [0.05, 0.1) is 7.11 Å². The Bertz CT molecular complexity index is 815. The van der Waals surface area contributed by atoms with Crippen LogP contribution in [-0.4, -0.2) is 12.9 Å². The maximum Gasteiger partial charge on any atom is 0.159 e. The Hall–Kier alpha value is -2.87. The number of ketones is 1. The predicted molar refractivity (Wildman–Crippen MR) is 93.9 cm³/mol. The highest BCUT2D eigenvalue weighted by molar-refractivity contribution is 5.94. The minimum Gasteiger partial charge on any atom is -0.497 e. The second kappa shape index (κ2) is 6.49. The van der Waals surface area contributed by atoms with Crippen LogP contribution in [0.5, 0.6) is 5.75 Å². The van der Waals surface area contributed by atoms with E-state index in [0.29, 0.717) is 0 Å².